The maximum atomic E-state index is 12.8. The van der Waals surface area contributed by atoms with E-state index in [-0.39, 0.29) is 5.69 Å². The first-order valence-electron chi connectivity index (χ1n) is 3.97. The Morgan fingerprint density at radius 2 is 1.40 bits per heavy atom. The summed E-state index contributed by atoms with van der Waals surface area (Å²) in [6.07, 6.45) is -4.67. The lowest BCUT2D eigenvalue weighted by atomic mass is 10.0. The average Bonchev–Trinajstić information content (AvgIpc) is 1.99. The van der Waals surface area contributed by atoms with Crippen LogP contribution in [0.5, 0.6) is 0 Å². The molecule has 0 bridgehead atoms. The molecule has 0 aliphatic heterocycles. The molecule has 0 radical (unpaired) electrons. The fourth-order valence-corrected chi connectivity index (χ4v) is 1.07. The molecule has 1 aromatic carbocycles. The van der Waals surface area contributed by atoms with Gasteiger partial charge in [0.1, 0.15) is 0 Å². The number of alkyl halides is 5. The molecule has 0 saturated carbocycles. The Labute approximate surface area is 82.7 Å². The van der Waals surface area contributed by atoms with Crippen molar-refractivity contribution in [2.45, 2.75) is 19.0 Å². The highest BCUT2D eigenvalue weighted by molar-refractivity contribution is 5.46. The number of halogens is 5. The van der Waals surface area contributed by atoms with E-state index in [1.807, 2.05) is 0 Å². The maximum absolute atomic E-state index is 12.8. The first-order valence-corrected chi connectivity index (χ1v) is 3.97. The largest absolute Gasteiger partial charge is 0.416 e. The van der Waals surface area contributed by atoms with Crippen LogP contribution in [0.25, 0.3) is 0 Å². The van der Waals surface area contributed by atoms with Crippen molar-refractivity contribution in [1.29, 1.82) is 0 Å². The second-order valence-corrected chi connectivity index (χ2v) is 3.23. The van der Waals surface area contributed by atoms with Crippen LogP contribution in [0.4, 0.5) is 27.6 Å². The van der Waals surface area contributed by atoms with Crippen molar-refractivity contribution in [3.05, 3.63) is 29.3 Å². The van der Waals surface area contributed by atoms with Crippen molar-refractivity contribution in [3.63, 3.8) is 0 Å². The van der Waals surface area contributed by atoms with Crippen LogP contribution in [-0.4, -0.2) is 0 Å². The highest BCUT2D eigenvalue weighted by atomic mass is 19.4. The molecule has 15 heavy (non-hydrogen) atoms. The van der Waals surface area contributed by atoms with Crippen LogP contribution in [-0.2, 0) is 12.1 Å². The molecule has 0 heterocycles. The molecular weight excluding hydrogens is 217 g/mol. The minimum atomic E-state index is -4.67. The van der Waals surface area contributed by atoms with Crippen LogP contribution < -0.4 is 5.73 Å². The molecule has 0 spiro atoms. The lowest BCUT2D eigenvalue weighted by molar-refractivity contribution is -0.137. The monoisotopic (exact) mass is 225 g/mol. The fraction of sp³-hybridized carbons (Fsp3) is 0.333. The Hall–Kier alpha value is -1.33. The Morgan fingerprint density at radius 1 is 0.933 bits per heavy atom. The Kier molecular flexibility index (Phi) is 2.63. The molecule has 6 heteroatoms. The van der Waals surface area contributed by atoms with Crippen molar-refractivity contribution in [2.75, 3.05) is 5.73 Å². The highest BCUT2D eigenvalue weighted by Gasteiger charge is 2.34. The summed E-state index contributed by atoms with van der Waals surface area (Å²) in [7, 11) is 0. The smallest absolute Gasteiger partial charge is 0.399 e. The summed E-state index contributed by atoms with van der Waals surface area (Å²) in [6, 6.07) is 1.85. The summed E-state index contributed by atoms with van der Waals surface area (Å²) in [4.78, 5) is 0. The standard InChI is InChI=1S/C9H8F5N/c1-8(10,11)5-2-6(9(12,13)14)4-7(15)3-5/h2-4H,15H2,1H3. The van der Waals surface area contributed by atoms with E-state index in [0.717, 1.165) is 6.07 Å². The van der Waals surface area contributed by atoms with Gasteiger partial charge in [-0.25, -0.2) is 8.78 Å². The van der Waals surface area contributed by atoms with Crippen molar-refractivity contribution < 1.29 is 22.0 Å². The summed E-state index contributed by atoms with van der Waals surface area (Å²) >= 11 is 0. The number of rotatable bonds is 1. The first kappa shape index (κ1) is 11.7. The predicted molar refractivity (Wildman–Crippen MR) is 45.4 cm³/mol. The van der Waals surface area contributed by atoms with Crippen molar-refractivity contribution >= 4 is 5.69 Å². The van der Waals surface area contributed by atoms with E-state index in [9.17, 15) is 22.0 Å². The highest BCUT2D eigenvalue weighted by Crippen LogP contribution is 2.35. The SMILES string of the molecule is CC(F)(F)c1cc(N)cc(C(F)(F)F)c1. The Balaban J connectivity index is 3.30. The predicted octanol–water partition coefficient (Wildman–Crippen LogP) is 3.40. The van der Waals surface area contributed by atoms with Gasteiger partial charge in [0.25, 0.3) is 5.92 Å². The van der Waals surface area contributed by atoms with Gasteiger partial charge in [0.2, 0.25) is 0 Å². The number of hydrogen-bond acceptors (Lipinski definition) is 1. The summed E-state index contributed by atoms with van der Waals surface area (Å²) in [5.41, 5.74) is 2.88. The zero-order chi connectivity index (χ0) is 11.9. The molecule has 0 amide bonds. The third kappa shape index (κ3) is 2.81. The molecule has 0 atom stereocenters. The van der Waals surface area contributed by atoms with E-state index in [1.165, 1.54) is 0 Å². The Bertz CT molecular complexity index is 331. The molecule has 1 nitrogen and oxygen atoms in total. The average molecular weight is 225 g/mol. The lowest BCUT2D eigenvalue weighted by Gasteiger charge is -2.14. The molecule has 0 aliphatic carbocycles. The van der Waals surface area contributed by atoms with Gasteiger partial charge in [-0.15, -0.1) is 0 Å². The maximum Gasteiger partial charge on any atom is 0.416 e. The fourth-order valence-electron chi connectivity index (χ4n) is 1.07. The zero-order valence-electron chi connectivity index (χ0n) is 7.70. The quantitative estimate of drug-likeness (QED) is 0.575. The summed E-state index contributed by atoms with van der Waals surface area (Å²) in [5, 5.41) is 0. The van der Waals surface area contributed by atoms with Gasteiger partial charge in [-0.1, -0.05) is 0 Å². The number of anilines is 1. The lowest BCUT2D eigenvalue weighted by Crippen LogP contribution is -2.12. The van der Waals surface area contributed by atoms with Gasteiger partial charge < -0.3 is 5.73 Å². The van der Waals surface area contributed by atoms with Crippen LogP contribution in [0, 0.1) is 0 Å². The van der Waals surface area contributed by atoms with Crippen LogP contribution in [0.2, 0.25) is 0 Å². The van der Waals surface area contributed by atoms with Gasteiger partial charge in [-0.05, 0) is 18.2 Å². The van der Waals surface area contributed by atoms with Gasteiger partial charge in [-0.2, -0.15) is 13.2 Å². The van der Waals surface area contributed by atoms with Gasteiger partial charge in [-0.3, -0.25) is 0 Å². The number of nitrogens with two attached hydrogens (primary N) is 1. The Morgan fingerprint density at radius 3 is 1.80 bits per heavy atom. The van der Waals surface area contributed by atoms with E-state index < -0.39 is 23.2 Å². The third-order valence-corrected chi connectivity index (χ3v) is 1.79. The molecule has 0 aliphatic rings. The van der Waals surface area contributed by atoms with E-state index in [4.69, 9.17) is 5.73 Å². The van der Waals surface area contributed by atoms with Gasteiger partial charge in [0.15, 0.2) is 0 Å². The molecule has 0 fully saturated rings. The second-order valence-electron chi connectivity index (χ2n) is 3.23. The molecule has 0 saturated heterocycles. The van der Waals surface area contributed by atoms with E-state index >= 15 is 0 Å². The number of nitrogen functional groups attached to an aromatic ring is 1. The minimum Gasteiger partial charge on any atom is -0.399 e. The van der Waals surface area contributed by atoms with Gasteiger partial charge in [0, 0.05) is 18.2 Å². The van der Waals surface area contributed by atoms with E-state index in [2.05, 4.69) is 0 Å². The van der Waals surface area contributed by atoms with Crippen LogP contribution >= 0.6 is 0 Å². The van der Waals surface area contributed by atoms with E-state index in [1.54, 1.807) is 0 Å². The molecular formula is C9H8F5N. The summed E-state index contributed by atoms with van der Waals surface area (Å²) in [5.74, 6) is -3.34. The molecule has 1 rings (SSSR count). The minimum absolute atomic E-state index is 0.332. The van der Waals surface area contributed by atoms with Gasteiger partial charge in [0.05, 0.1) is 5.56 Å². The normalized spacial score (nSPS) is 12.9. The molecule has 2 N–H and O–H groups in total. The molecule has 1 aromatic rings. The number of benzene rings is 1. The van der Waals surface area contributed by atoms with Crippen LogP contribution in [0.15, 0.2) is 18.2 Å². The summed E-state index contributed by atoms with van der Waals surface area (Å²) in [6.45, 7) is 0.516. The second kappa shape index (κ2) is 3.36. The van der Waals surface area contributed by atoms with Crippen LogP contribution in [0.1, 0.15) is 18.1 Å². The van der Waals surface area contributed by atoms with Crippen LogP contribution in [0.3, 0.4) is 0 Å². The third-order valence-electron chi connectivity index (χ3n) is 1.79. The van der Waals surface area contributed by atoms with Gasteiger partial charge >= 0.3 is 6.18 Å². The van der Waals surface area contributed by atoms with Crippen molar-refractivity contribution in [1.82, 2.24) is 0 Å². The van der Waals surface area contributed by atoms with Crippen molar-refractivity contribution in [3.8, 4) is 0 Å². The number of hydrogen-bond donors (Lipinski definition) is 1. The zero-order valence-corrected chi connectivity index (χ0v) is 7.70. The van der Waals surface area contributed by atoms with E-state index in [0.29, 0.717) is 19.1 Å². The van der Waals surface area contributed by atoms with Crippen molar-refractivity contribution in [2.24, 2.45) is 0 Å². The topological polar surface area (TPSA) is 26.0 Å². The first-order chi connectivity index (χ1) is 6.60. The molecule has 0 aromatic heterocycles. The molecule has 84 valence electrons. The molecule has 0 unspecified atom stereocenters. The summed E-state index contributed by atoms with van der Waals surface area (Å²) < 4.78 is 62.3.